The summed E-state index contributed by atoms with van der Waals surface area (Å²) in [6.07, 6.45) is 0. The largest absolute Gasteiger partial charge is 0.395 e. The summed E-state index contributed by atoms with van der Waals surface area (Å²) >= 11 is 4.99. The van der Waals surface area contributed by atoms with Crippen molar-refractivity contribution in [3.05, 3.63) is 29.8 Å². The van der Waals surface area contributed by atoms with Crippen LogP contribution in [0.25, 0.3) is 0 Å². The lowest BCUT2D eigenvalue weighted by Crippen LogP contribution is -2.28. The van der Waals surface area contributed by atoms with Gasteiger partial charge in [0.05, 0.1) is 6.61 Å². The molecule has 0 spiro atoms. The van der Waals surface area contributed by atoms with E-state index in [0.717, 1.165) is 17.8 Å². The number of nitrogens with two attached hydrogens (primary N) is 1. The maximum Gasteiger partial charge on any atom is 0.106 e. The van der Waals surface area contributed by atoms with Crippen LogP contribution in [-0.4, -0.2) is 29.8 Å². The number of para-hydroxylation sites is 1. The normalized spacial score (nSPS) is 10.0. The fourth-order valence-electron chi connectivity index (χ4n) is 1.53. The zero-order chi connectivity index (χ0) is 11.3. The minimum atomic E-state index is 0.125. The average molecular weight is 224 g/mol. The van der Waals surface area contributed by atoms with Gasteiger partial charge in [-0.05, 0) is 19.1 Å². The molecule has 3 nitrogen and oxygen atoms in total. The summed E-state index contributed by atoms with van der Waals surface area (Å²) in [6, 6.07) is 7.72. The van der Waals surface area contributed by atoms with Gasteiger partial charge in [-0.15, -0.1) is 0 Å². The second-order valence-corrected chi connectivity index (χ2v) is 3.62. The van der Waals surface area contributed by atoms with E-state index in [9.17, 15) is 0 Å². The van der Waals surface area contributed by atoms with Crippen molar-refractivity contribution in [3.8, 4) is 0 Å². The van der Waals surface area contributed by atoms with Gasteiger partial charge in [0, 0.05) is 24.3 Å². The molecule has 0 radical (unpaired) electrons. The van der Waals surface area contributed by atoms with E-state index >= 15 is 0 Å². The van der Waals surface area contributed by atoms with E-state index in [1.807, 2.05) is 31.2 Å². The molecule has 0 bridgehead atoms. The van der Waals surface area contributed by atoms with Crippen LogP contribution in [0.4, 0.5) is 5.69 Å². The first-order chi connectivity index (χ1) is 7.20. The van der Waals surface area contributed by atoms with E-state index in [-0.39, 0.29) is 6.61 Å². The molecule has 1 aromatic carbocycles. The summed E-state index contributed by atoms with van der Waals surface area (Å²) in [5.74, 6) is 0. The lowest BCUT2D eigenvalue weighted by atomic mass is 10.1. The third-order valence-corrected chi connectivity index (χ3v) is 2.48. The average Bonchev–Trinajstić information content (AvgIpc) is 2.26. The van der Waals surface area contributed by atoms with Crippen LogP contribution in [0.15, 0.2) is 24.3 Å². The minimum Gasteiger partial charge on any atom is -0.395 e. The number of hydrogen-bond donors (Lipinski definition) is 2. The number of aliphatic hydroxyl groups excluding tert-OH is 1. The summed E-state index contributed by atoms with van der Waals surface area (Å²) in [5.41, 5.74) is 7.50. The molecule has 0 saturated heterocycles. The standard InChI is InChI=1S/C11H16N2OS/c1-2-13(7-8-14)10-6-4-3-5-9(10)11(12)15/h3-6,14H,2,7-8H2,1H3,(H2,12,15). The van der Waals surface area contributed by atoms with Gasteiger partial charge >= 0.3 is 0 Å². The predicted molar refractivity (Wildman–Crippen MR) is 67.3 cm³/mol. The molecule has 0 aromatic heterocycles. The van der Waals surface area contributed by atoms with Crippen molar-refractivity contribution >= 4 is 22.9 Å². The number of thiocarbonyl (C=S) groups is 1. The molecule has 15 heavy (non-hydrogen) atoms. The highest BCUT2D eigenvalue weighted by molar-refractivity contribution is 7.80. The van der Waals surface area contributed by atoms with Crippen molar-refractivity contribution in [2.45, 2.75) is 6.92 Å². The van der Waals surface area contributed by atoms with Gasteiger partial charge in [-0.1, -0.05) is 24.4 Å². The maximum absolute atomic E-state index is 8.95. The highest BCUT2D eigenvalue weighted by atomic mass is 32.1. The molecule has 0 fully saturated rings. The van der Waals surface area contributed by atoms with Gasteiger partial charge in [-0.3, -0.25) is 0 Å². The van der Waals surface area contributed by atoms with Crippen LogP contribution >= 0.6 is 12.2 Å². The third-order valence-electron chi connectivity index (χ3n) is 2.26. The van der Waals surface area contributed by atoms with Gasteiger partial charge < -0.3 is 15.7 Å². The van der Waals surface area contributed by atoms with Crippen molar-refractivity contribution in [2.24, 2.45) is 5.73 Å². The van der Waals surface area contributed by atoms with Crippen LogP contribution in [0.5, 0.6) is 0 Å². The van der Waals surface area contributed by atoms with Gasteiger partial charge in [-0.25, -0.2) is 0 Å². The Morgan fingerprint density at radius 3 is 2.67 bits per heavy atom. The van der Waals surface area contributed by atoms with Gasteiger partial charge in [0.15, 0.2) is 0 Å². The smallest absolute Gasteiger partial charge is 0.106 e. The molecule has 0 atom stereocenters. The zero-order valence-corrected chi connectivity index (χ0v) is 9.63. The monoisotopic (exact) mass is 224 g/mol. The Morgan fingerprint density at radius 1 is 1.47 bits per heavy atom. The molecule has 0 aliphatic heterocycles. The van der Waals surface area contributed by atoms with Crippen LogP contribution in [0.3, 0.4) is 0 Å². The molecule has 1 rings (SSSR count). The molecule has 0 aliphatic rings. The molecule has 0 aliphatic carbocycles. The van der Waals surface area contributed by atoms with Crippen LogP contribution in [-0.2, 0) is 0 Å². The number of benzene rings is 1. The first kappa shape index (κ1) is 11.9. The second kappa shape index (κ2) is 5.68. The molecule has 1 aromatic rings. The molecule has 0 heterocycles. The summed E-state index contributed by atoms with van der Waals surface area (Å²) in [7, 11) is 0. The van der Waals surface area contributed by atoms with E-state index in [1.165, 1.54) is 0 Å². The fourth-order valence-corrected chi connectivity index (χ4v) is 1.70. The highest BCUT2D eigenvalue weighted by Gasteiger charge is 2.09. The molecule has 0 unspecified atom stereocenters. The van der Waals surface area contributed by atoms with Crippen LogP contribution in [0.2, 0.25) is 0 Å². The van der Waals surface area contributed by atoms with Crippen molar-refractivity contribution < 1.29 is 5.11 Å². The third kappa shape index (κ3) is 2.91. The lowest BCUT2D eigenvalue weighted by Gasteiger charge is -2.24. The van der Waals surface area contributed by atoms with Crippen LogP contribution in [0.1, 0.15) is 12.5 Å². The second-order valence-electron chi connectivity index (χ2n) is 3.18. The summed E-state index contributed by atoms with van der Waals surface area (Å²) in [4.78, 5) is 2.44. The van der Waals surface area contributed by atoms with Gasteiger partial charge in [0.2, 0.25) is 0 Å². The Bertz CT molecular complexity index is 341. The minimum absolute atomic E-state index is 0.125. The van der Waals surface area contributed by atoms with Crippen LogP contribution in [0, 0.1) is 0 Å². The first-order valence-corrected chi connectivity index (χ1v) is 5.36. The zero-order valence-electron chi connectivity index (χ0n) is 8.81. The Labute approximate surface area is 95.5 Å². The van der Waals surface area contributed by atoms with E-state index in [1.54, 1.807) is 0 Å². The Balaban J connectivity index is 3.04. The quantitative estimate of drug-likeness (QED) is 0.736. The maximum atomic E-state index is 8.95. The molecular formula is C11H16N2OS. The summed E-state index contributed by atoms with van der Waals surface area (Å²) in [6.45, 7) is 3.57. The Hall–Kier alpha value is -1.13. The molecule has 82 valence electrons. The van der Waals surface area contributed by atoms with E-state index in [2.05, 4.69) is 4.90 Å². The van der Waals surface area contributed by atoms with Gasteiger partial charge in [0.1, 0.15) is 4.99 Å². The number of anilines is 1. The van der Waals surface area contributed by atoms with Crippen molar-refractivity contribution in [2.75, 3.05) is 24.6 Å². The predicted octanol–water partition coefficient (Wildman–Crippen LogP) is 1.14. The van der Waals surface area contributed by atoms with E-state index in [4.69, 9.17) is 23.1 Å². The topological polar surface area (TPSA) is 49.5 Å². The Morgan fingerprint density at radius 2 is 2.13 bits per heavy atom. The Kier molecular flexibility index (Phi) is 4.52. The lowest BCUT2D eigenvalue weighted by molar-refractivity contribution is 0.302. The molecular weight excluding hydrogens is 208 g/mol. The molecule has 4 heteroatoms. The number of nitrogens with zero attached hydrogens (tertiary/aromatic N) is 1. The van der Waals surface area contributed by atoms with E-state index < -0.39 is 0 Å². The van der Waals surface area contributed by atoms with Crippen LogP contribution < -0.4 is 10.6 Å². The van der Waals surface area contributed by atoms with Gasteiger partial charge in [0.25, 0.3) is 0 Å². The number of rotatable bonds is 5. The number of likely N-dealkylation sites (N-methyl/N-ethyl adjacent to an activating group) is 1. The fraction of sp³-hybridized carbons (Fsp3) is 0.364. The van der Waals surface area contributed by atoms with Gasteiger partial charge in [-0.2, -0.15) is 0 Å². The molecule has 0 amide bonds. The van der Waals surface area contributed by atoms with Crippen molar-refractivity contribution in [1.29, 1.82) is 0 Å². The summed E-state index contributed by atoms with van der Waals surface area (Å²) in [5, 5.41) is 8.95. The van der Waals surface area contributed by atoms with Crippen molar-refractivity contribution in [3.63, 3.8) is 0 Å². The molecule has 3 N–H and O–H groups in total. The SMILES string of the molecule is CCN(CCO)c1ccccc1C(N)=S. The number of aliphatic hydroxyl groups is 1. The first-order valence-electron chi connectivity index (χ1n) is 4.95. The highest BCUT2D eigenvalue weighted by Crippen LogP contribution is 2.19. The summed E-state index contributed by atoms with van der Waals surface area (Å²) < 4.78 is 0. The molecule has 0 saturated carbocycles. The van der Waals surface area contributed by atoms with Crippen molar-refractivity contribution in [1.82, 2.24) is 0 Å². The number of hydrogen-bond acceptors (Lipinski definition) is 3. The van der Waals surface area contributed by atoms with E-state index in [0.29, 0.717) is 11.5 Å².